The van der Waals surface area contributed by atoms with E-state index in [9.17, 15) is 4.79 Å². The van der Waals surface area contributed by atoms with E-state index in [-0.39, 0.29) is 5.91 Å². The Morgan fingerprint density at radius 2 is 2.59 bits per heavy atom. The van der Waals surface area contributed by atoms with Crippen LogP contribution in [-0.2, 0) is 4.79 Å². The molecule has 0 saturated carbocycles. The van der Waals surface area contributed by atoms with Gasteiger partial charge in [0, 0.05) is 25.7 Å². The Bertz CT molecular complexity index is 445. The van der Waals surface area contributed by atoms with Crippen molar-refractivity contribution in [3.05, 3.63) is 30.2 Å². The van der Waals surface area contributed by atoms with E-state index in [4.69, 9.17) is 9.68 Å². The third kappa shape index (κ3) is 2.74. The fourth-order valence-corrected chi connectivity index (χ4v) is 1.72. The molecule has 1 aromatic heterocycles. The molecule has 0 radical (unpaired) electrons. The first-order valence-corrected chi connectivity index (χ1v) is 5.44. The highest BCUT2D eigenvalue weighted by Gasteiger charge is 2.24. The molecule has 1 aliphatic heterocycles. The third-order valence-electron chi connectivity index (χ3n) is 2.61. The van der Waals surface area contributed by atoms with Gasteiger partial charge in [-0.05, 0) is 18.2 Å². The number of amides is 1. The van der Waals surface area contributed by atoms with Gasteiger partial charge in [0.15, 0.2) is 0 Å². The summed E-state index contributed by atoms with van der Waals surface area (Å²) in [7, 11) is 0. The lowest BCUT2D eigenvalue weighted by Gasteiger charge is -2.31. The van der Waals surface area contributed by atoms with E-state index in [0.717, 1.165) is 6.54 Å². The molecule has 88 valence electrons. The van der Waals surface area contributed by atoms with Crippen molar-refractivity contribution in [2.45, 2.75) is 6.04 Å². The molecule has 1 amide bonds. The predicted molar refractivity (Wildman–Crippen MR) is 61.7 cm³/mol. The average Bonchev–Trinajstić information content (AvgIpc) is 2.89. The highest BCUT2D eigenvalue weighted by atomic mass is 16.3. The SMILES string of the molecule is N#CC1CNCCN1C(=O)C=Cc1ccco1. The zero-order valence-electron chi connectivity index (χ0n) is 9.30. The number of furan rings is 1. The largest absolute Gasteiger partial charge is 0.465 e. The van der Waals surface area contributed by atoms with Gasteiger partial charge in [-0.1, -0.05) is 0 Å². The Hall–Kier alpha value is -2.06. The number of nitrogens with one attached hydrogen (secondary N) is 1. The third-order valence-corrected chi connectivity index (χ3v) is 2.61. The number of hydrogen-bond donors (Lipinski definition) is 1. The smallest absolute Gasteiger partial charge is 0.247 e. The summed E-state index contributed by atoms with van der Waals surface area (Å²) in [5, 5.41) is 12.0. The zero-order chi connectivity index (χ0) is 12.1. The van der Waals surface area contributed by atoms with Crippen LogP contribution in [0.5, 0.6) is 0 Å². The van der Waals surface area contributed by atoms with Gasteiger partial charge in [-0.2, -0.15) is 5.26 Å². The maximum Gasteiger partial charge on any atom is 0.247 e. The van der Waals surface area contributed by atoms with Crippen LogP contribution in [0.3, 0.4) is 0 Å². The molecule has 1 atom stereocenters. The maximum absolute atomic E-state index is 11.9. The summed E-state index contributed by atoms with van der Waals surface area (Å²) in [5.74, 6) is 0.469. The molecule has 1 fully saturated rings. The minimum Gasteiger partial charge on any atom is -0.465 e. The summed E-state index contributed by atoms with van der Waals surface area (Å²) in [4.78, 5) is 13.4. The molecule has 5 nitrogen and oxygen atoms in total. The van der Waals surface area contributed by atoms with Crippen molar-refractivity contribution >= 4 is 12.0 Å². The van der Waals surface area contributed by atoms with E-state index < -0.39 is 6.04 Å². The Morgan fingerprint density at radius 1 is 1.71 bits per heavy atom. The van der Waals surface area contributed by atoms with E-state index in [2.05, 4.69) is 11.4 Å². The predicted octanol–water partition coefficient (Wildman–Crippen LogP) is 0.617. The summed E-state index contributed by atoms with van der Waals surface area (Å²) in [5.41, 5.74) is 0. The van der Waals surface area contributed by atoms with Gasteiger partial charge in [-0.3, -0.25) is 4.79 Å². The molecule has 1 aromatic rings. The van der Waals surface area contributed by atoms with Crippen molar-refractivity contribution < 1.29 is 9.21 Å². The van der Waals surface area contributed by atoms with Crippen molar-refractivity contribution in [2.24, 2.45) is 0 Å². The highest BCUT2D eigenvalue weighted by Crippen LogP contribution is 2.06. The minimum absolute atomic E-state index is 0.158. The van der Waals surface area contributed by atoms with Crippen LogP contribution in [0.4, 0.5) is 0 Å². The molecular formula is C12H13N3O2. The number of nitriles is 1. The average molecular weight is 231 g/mol. The molecule has 2 heterocycles. The van der Waals surface area contributed by atoms with Gasteiger partial charge in [0.25, 0.3) is 0 Å². The molecule has 0 spiro atoms. The number of piperazine rings is 1. The topological polar surface area (TPSA) is 69.3 Å². The lowest BCUT2D eigenvalue weighted by Crippen LogP contribution is -2.52. The molecule has 1 N–H and O–H groups in total. The van der Waals surface area contributed by atoms with Crippen LogP contribution in [0.15, 0.2) is 28.9 Å². The molecule has 1 aliphatic rings. The number of hydrogen-bond acceptors (Lipinski definition) is 4. The molecule has 0 bridgehead atoms. The van der Waals surface area contributed by atoms with Crippen molar-refractivity contribution in [1.82, 2.24) is 10.2 Å². The van der Waals surface area contributed by atoms with E-state index in [1.165, 1.54) is 6.08 Å². The lowest BCUT2D eigenvalue weighted by molar-refractivity contribution is -0.127. The minimum atomic E-state index is -0.391. The summed E-state index contributed by atoms with van der Waals surface area (Å²) >= 11 is 0. The van der Waals surface area contributed by atoms with Gasteiger partial charge >= 0.3 is 0 Å². The van der Waals surface area contributed by atoms with Crippen molar-refractivity contribution in [3.8, 4) is 6.07 Å². The Kier molecular flexibility index (Phi) is 3.58. The second kappa shape index (κ2) is 5.32. The van der Waals surface area contributed by atoms with Gasteiger partial charge in [0.2, 0.25) is 5.91 Å². The number of rotatable bonds is 2. The maximum atomic E-state index is 11.9. The van der Waals surface area contributed by atoms with Crippen molar-refractivity contribution in [3.63, 3.8) is 0 Å². The first-order valence-electron chi connectivity index (χ1n) is 5.44. The first kappa shape index (κ1) is 11.4. The van der Waals surface area contributed by atoms with Crippen LogP contribution in [0.2, 0.25) is 0 Å². The van der Waals surface area contributed by atoms with Crippen LogP contribution >= 0.6 is 0 Å². The van der Waals surface area contributed by atoms with E-state index >= 15 is 0 Å². The molecule has 0 aliphatic carbocycles. The Labute approximate surface area is 99.3 Å². The van der Waals surface area contributed by atoms with Gasteiger partial charge in [-0.25, -0.2) is 0 Å². The van der Waals surface area contributed by atoms with Gasteiger partial charge in [0.1, 0.15) is 11.8 Å². The Balaban J connectivity index is 2.01. The zero-order valence-corrected chi connectivity index (χ0v) is 9.30. The van der Waals surface area contributed by atoms with E-state index in [1.54, 1.807) is 29.4 Å². The Morgan fingerprint density at radius 3 is 3.29 bits per heavy atom. The monoisotopic (exact) mass is 231 g/mol. The second-order valence-corrected chi connectivity index (χ2v) is 3.73. The number of carbonyl (C=O) groups is 1. The van der Waals surface area contributed by atoms with E-state index in [0.29, 0.717) is 18.8 Å². The fourth-order valence-electron chi connectivity index (χ4n) is 1.72. The highest BCUT2D eigenvalue weighted by molar-refractivity contribution is 5.92. The molecule has 2 rings (SSSR count). The van der Waals surface area contributed by atoms with Crippen molar-refractivity contribution in [2.75, 3.05) is 19.6 Å². The standard InChI is InChI=1S/C12H13N3O2/c13-8-10-9-14-5-6-15(10)12(16)4-3-11-2-1-7-17-11/h1-4,7,10,14H,5-6,9H2. The van der Waals surface area contributed by atoms with Crippen LogP contribution < -0.4 is 5.32 Å². The molecule has 1 unspecified atom stereocenters. The number of carbonyl (C=O) groups excluding carboxylic acids is 1. The van der Waals surface area contributed by atoms with Gasteiger partial charge in [0.05, 0.1) is 12.3 Å². The quantitative estimate of drug-likeness (QED) is 0.757. The molecule has 5 heteroatoms. The fraction of sp³-hybridized carbons (Fsp3) is 0.333. The van der Waals surface area contributed by atoms with Crippen LogP contribution in [0.25, 0.3) is 6.08 Å². The lowest BCUT2D eigenvalue weighted by atomic mass is 10.2. The summed E-state index contributed by atoms with van der Waals surface area (Å²) in [6.45, 7) is 1.80. The van der Waals surface area contributed by atoms with Gasteiger partial charge in [-0.15, -0.1) is 0 Å². The second-order valence-electron chi connectivity index (χ2n) is 3.73. The molecule has 1 saturated heterocycles. The molecule has 0 aromatic carbocycles. The summed E-state index contributed by atoms with van der Waals surface area (Å²) < 4.78 is 5.09. The summed E-state index contributed by atoms with van der Waals surface area (Å²) in [6, 6.07) is 5.25. The first-order chi connectivity index (χ1) is 8.31. The molecule has 17 heavy (non-hydrogen) atoms. The summed E-state index contributed by atoms with van der Waals surface area (Å²) in [6.07, 6.45) is 4.60. The van der Waals surface area contributed by atoms with E-state index in [1.807, 2.05) is 0 Å². The number of nitrogens with zero attached hydrogens (tertiary/aromatic N) is 2. The van der Waals surface area contributed by atoms with Crippen LogP contribution in [0.1, 0.15) is 5.76 Å². The van der Waals surface area contributed by atoms with Gasteiger partial charge < -0.3 is 14.6 Å². The molecular weight excluding hydrogens is 218 g/mol. The van der Waals surface area contributed by atoms with Crippen LogP contribution in [-0.4, -0.2) is 36.5 Å². The van der Waals surface area contributed by atoms with Crippen LogP contribution in [0, 0.1) is 11.3 Å². The normalized spacial score (nSPS) is 20.4. The van der Waals surface area contributed by atoms with Crippen molar-refractivity contribution in [1.29, 1.82) is 5.26 Å².